The van der Waals surface area contributed by atoms with Crippen LogP contribution in [-0.4, -0.2) is 15.5 Å². The molecule has 0 unspecified atom stereocenters. The maximum Gasteiger partial charge on any atom is 0.262 e. The predicted octanol–water partition coefficient (Wildman–Crippen LogP) is 3.04. The molecular weight excluding hydrogens is 312 g/mol. The third-order valence-corrected chi connectivity index (χ3v) is 4.76. The number of hydrogen-bond acceptors (Lipinski definition) is 4. The minimum Gasteiger partial charge on any atom is -0.497 e. The number of halogens is 1. The summed E-state index contributed by atoms with van der Waals surface area (Å²) in [6.07, 6.45) is 0. The molecule has 0 aliphatic heterocycles. The Hall–Kier alpha value is -1.92. The summed E-state index contributed by atoms with van der Waals surface area (Å²) < 4.78 is 32.4. The van der Waals surface area contributed by atoms with Crippen LogP contribution in [-0.2, 0) is 10.0 Å². The quantitative estimate of drug-likeness (QED) is 0.846. The normalized spacial score (nSPS) is 11.2. The molecule has 21 heavy (non-hydrogen) atoms. The number of sulfonamides is 1. The molecule has 0 fully saturated rings. The van der Waals surface area contributed by atoms with Gasteiger partial charge >= 0.3 is 0 Å². The van der Waals surface area contributed by atoms with Crippen molar-refractivity contribution in [3.05, 3.63) is 47.0 Å². The molecule has 0 bridgehead atoms. The van der Waals surface area contributed by atoms with Crippen LogP contribution >= 0.6 is 11.6 Å². The fraction of sp³-hybridized carbons (Fsp3) is 0.143. The fourth-order valence-electron chi connectivity index (χ4n) is 1.85. The van der Waals surface area contributed by atoms with Crippen molar-refractivity contribution in [3.8, 4) is 5.75 Å². The number of rotatable bonds is 4. The fourth-order valence-corrected chi connectivity index (χ4v) is 3.39. The van der Waals surface area contributed by atoms with Crippen molar-refractivity contribution in [3.63, 3.8) is 0 Å². The van der Waals surface area contributed by atoms with Gasteiger partial charge in [-0.1, -0.05) is 17.7 Å². The molecule has 2 rings (SSSR count). The van der Waals surface area contributed by atoms with Crippen LogP contribution in [0.15, 0.2) is 41.3 Å². The van der Waals surface area contributed by atoms with E-state index in [1.165, 1.54) is 19.2 Å². The molecule has 0 radical (unpaired) electrons. The molecular formula is C14H15ClN2O3S. The molecule has 0 atom stereocenters. The lowest BCUT2D eigenvalue weighted by atomic mass is 10.2. The molecule has 2 aromatic carbocycles. The van der Waals surface area contributed by atoms with Gasteiger partial charge in [-0.15, -0.1) is 0 Å². The molecule has 0 saturated heterocycles. The van der Waals surface area contributed by atoms with E-state index in [1.54, 1.807) is 31.2 Å². The van der Waals surface area contributed by atoms with Gasteiger partial charge in [-0.3, -0.25) is 4.72 Å². The number of aryl methyl sites for hydroxylation is 1. The standard InChI is InChI=1S/C14H15ClN2O3S/c1-9-6-12(15)13(16)8-14(9)21(18,19)17-10-4-3-5-11(7-10)20-2/h3-8,17H,16H2,1-2H3. The van der Waals surface area contributed by atoms with Crippen molar-refractivity contribution in [2.75, 3.05) is 17.6 Å². The predicted molar refractivity (Wildman–Crippen MR) is 84.4 cm³/mol. The number of ether oxygens (including phenoxy) is 1. The summed E-state index contributed by atoms with van der Waals surface area (Å²) in [5.74, 6) is 0.558. The monoisotopic (exact) mass is 326 g/mol. The summed E-state index contributed by atoms with van der Waals surface area (Å²) >= 11 is 5.88. The van der Waals surface area contributed by atoms with Gasteiger partial charge in [0, 0.05) is 6.07 Å². The van der Waals surface area contributed by atoms with Crippen molar-refractivity contribution < 1.29 is 13.2 Å². The van der Waals surface area contributed by atoms with Gasteiger partial charge in [0.15, 0.2) is 0 Å². The van der Waals surface area contributed by atoms with E-state index in [4.69, 9.17) is 22.1 Å². The van der Waals surface area contributed by atoms with E-state index in [0.717, 1.165) is 0 Å². The average Bonchev–Trinajstić information content (AvgIpc) is 2.42. The number of methoxy groups -OCH3 is 1. The van der Waals surface area contributed by atoms with Gasteiger partial charge in [-0.2, -0.15) is 0 Å². The van der Waals surface area contributed by atoms with E-state index in [9.17, 15) is 8.42 Å². The zero-order chi connectivity index (χ0) is 15.6. The van der Waals surface area contributed by atoms with Gasteiger partial charge in [0.05, 0.1) is 28.4 Å². The highest BCUT2D eigenvalue weighted by Gasteiger charge is 2.18. The Labute approximate surface area is 128 Å². The summed E-state index contributed by atoms with van der Waals surface area (Å²) in [5, 5.41) is 0.327. The summed E-state index contributed by atoms with van der Waals surface area (Å²) in [5.41, 5.74) is 6.82. The Bertz CT molecular complexity index is 776. The van der Waals surface area contributed by atoms with Gasteiger partial charge in [0.25, 0.3) is 10.0 Å². The van der Waals surface area contributed by atoms with Crippen molar-refractivity contribution in [2.45, 2.75) is 11.8 Å². The third kappa shape index (κ3) is 3.40. The molecule has 5 nitrogen and oxygen atoms in total. The van der Waals surface area contributed by atoms with Crippen molar-refractivity contribution in [1.82, 2.24) is 0 Å². The van der Waals surface area contributed by atoms with Crippen LogP contribution < -0.4 is 15.2 Å². The van der Waals surface area contributed by atoms with Crippen LogP contribution in [0.4, 0.5) is 11.4 Å². The summed E-state index contributed by atoms with van der Waals surface area (Å²) in [7, 11) is -2.24. The van der Waals surface area contributed by atoms with Gasteiger partial charge in [0.1, 0.15) is 5.75 Å². The first-order valence-corrected chi connectivity index (χ1v) is 7.92. The maximum atomic E-state index is 12.4. The first-order valence-electron chi connectivity index (χ1n) is 6.06. The zero-order valence-corrected chi connectivity index (χ0v) is 13.1. The molecule has 112 valence electrons. The van der Waals surface area contributed by atoms with E-state index >= 15 is 0 Å². The summed E-state index contributed by atoms with van der Waals surface area (Å²) in [6, 6.07) is 9.52. The van der Waals surface area contributed by atoms with E-state index in [1.807, 2.05) is 0 Å². The Balaban J connectivity index is 2.40. The minimum atomic E-state index is -3.75. The van der Waals surface area contributed by atoms with Crippen LogP contribution in [0.2, 0.25) is 5.02 Å². The zero-order valence-electron chi connectivity index (χ0n) is 11.6. The first-order chi connectivity index (χ1) is 9.83. The average molecular weight is 327 g/mol. The second-order valence-electron chi connectivity index (χ2n) is 4.48. The summed E-state index contributed by atoms with van der Waals surface area (Å²) in [6.45, 7) is 1.66. The highest BCUT2D eigenvalue weighted by molar-refractivity contribution is 7.92. The first kappa shape index (κ1) is 15.5. The van der Waals surface area contributed by atoms with E-state index in [2.05, 4.69) is 4.72 Å². The number of hydrogen-bond donors (Lipinski definition) is 2. The van der Waals surface area contributed by atoms with Crippen LogP contribution in [0.1, 0.15) is 5.56 Å². The smallest absolute Gasteiger partial charge is 0.262 e. The molecule has 7 heteroatoms. The molecule has 3 N–H and O–H groups in total. The number of nitrogens with two attached hydrogens (primary N) is 1. The molecule has 2 aromatic rings. The minimum absolute atomic E-state index is 0.0900. The lowest BCUT2D eigenvalue weighted by molar-refractivity contribution is 0.415. The maximum absolute atomic E-state index is 12.4. The van der Waals surface area contributed by atoms with Crippen LogP contribution in [0.5, 0.6) is 5.75 Å². The van der Waals surface area contributed by atoms with Crippen molar-refractivity contribution in [1.29, 1.82) is 0 Å². The van der Waals surface area contributed by atoms with Crippen LogP contribution in [0.25, 0.3) is 0 Å². The molecule has 0 spiro atoms. The van der Waals surface area contributed by atoms with Crippen LogP contribution in [0.3, 0.4) is 0 Å². The number of anilines is 2. The van der Waals surface area contributed by atoms with Gasteiger partial charge in [-0.05, 0) is 36.8 Å². The Kier molecular flexibility index (Phi) is 4.29. The molecule has 0 aromatic heterocycles. The highest BCUT2D eigenvalue weighted by Crippen LogP contribution is 2.28. The molecule has 0 aliphatic rings. The van der Waals surface area contributed by atoms with Crippen LogP contribution in [0, 0.1) is 6.92 Å². The number of benzene rings is 2. The number of nitrogen functional groups attached to an aromatic ring is 1. The molecule has 0 saturated carbocycles. The van der Waals surface area contributed by atoms with E-state index in [-0.39, 0.29) is 10.6 Å². The van der Waals surface area contributed by atoms with E-state index in [0.29, 0.717) is 22.0 Å². The Morgan fingerprint density at radius 2 is 1.95 bits per heavy atom. The highest BCUT2D eigenvalue weighted by atomic mass is 35.5. The lowest BCUT2D eigenvalue weighted by Gasteiger charge is -2.12. The second kappa shape index (κ2) is 5.83. The van der Waals surface area contributed by atoms with E-state index < -0.39 is 10.0 Å². The van der Waals surface area contributed by atoms with Crippen molar-refractivity contribution in [2.24, 2.45) is 0 Å². The van der Waals surface area contributed by atoms with Gasteiger partial charge < -0.3 is 10.5 Å². The largest absolute Gasteiger partial charge is 0.497 e. The topological polar surface area (TPSA) is 81.4 Å². The number of nitrogens with one attached hydrogen (secondary N) is 1. The lowest BCUT2D eigenvalue weighted by Crippen LogP contribution is -2.14. The van der Waals surface area contributed by atoms with Gasteiger partial charge in [-0.25, -0.2) is 8.42 Å². The third-order valence-electron chi connectivity index (χ3n) is 2.91. The SMILES string of the molecule is COc1cccc(NS(=O)(=O)c2cc(N)c(Cl)cc2C)c1. The molecule has 0 heterocycles. The molecule has 0 aliphatic carbocycles. The van der Waals surface area contributed by atoms with Crippen molar-refractivity contribution >= 4 is 33.0 Å². The Morgan fingerprint density at radius 1 is 1.24 bits per heavy atom. The van der Waals surface area contributed by atoms with Gasteiger partial charge in [0.2, 0.25) is 0 Å². The molecule has 0 amide bonds. The summed E-state index contributed by atoms with van der Waals surface area (Å²) in [4.78, 5) is 0.0900. The Morgan fingerprint density at radius 3 is 2.62 bits per heavy atom. The second-order valence-corrected chi connectivity index (χ2v) is 6.53.